The molecule has 1 N–H and O–H groups in total. The van der Waals surface area contributed by atoms with Gasteiger partial charge in [0.15, 0.2) is 18.1 Å². The summed E-state index contributed by atoms with van der Waals surface area (Å²) in [5.74, 6) is 1.42. The average molecular weight is 413 g/mol. The Morgan fingerprint density at radius 2 is 1.93 bits per heavy atom. The van der Waals surface area contributed by atoms with Gasteiger partial charge in [-0.1, -0.05) is 12.1 Å². The predicted molar refractivity (Wildman–Crippen MR) is 109 cm³/mol. The molecule has 1 atom stereocenters. The van der Waals surface area contributed by atoms with Gasteiger partial charge in [0, 0.05) is 11.6 Å². The van der Waals surface area contributed by atoms with Crippen LogP contribution in [0.15, 0.2) is 48.5 Å². The van der Waals surface area contributed by atoms with Crippen LogP contribution in [0.3, 0.4) is 0 Å². The normalized spacial score (nSPS) is 14.8. The Balaban J connectivity index is 1.43. The highest BCUT2D eigenvalue weighted by atomic mass is 16.6. The number of hydrogen-bond acceptors (Lipinski definition) is 7. The summed E-state index contributed by atoms with van der Waals surface area (Å²) in [5, 5.41) is 2.66. The summed E-state index contributed by atoms with van der Waals surface area (Å²) in [7, 11) is 3.08. The van der Waals surface area contributed by atoms with E-state index in [4.69, 9.17) is 23.7 Å². The topological polar surface area (TPSA) is 92.3 Å². The molecule has 3 rings (SSSR count). The minimum absolute atomic E-state index is 0.238. The lowest BCUT2D eigenvalue weighted by atomic mass is 10.1. The van der Waals surface area contributed by atoms with Crippen LogP contribution in [0.1, 0.15) is 5.56 Å². The van der Waals surface area contributed by atoms with Crippen LogP contribution in [0.4, 0.5) is 0 Å². The standard InChI is InChI=1S/C22H23NO7/c1-26-16-8-9-18(27-2)15(11-16)7-10-22(25)29-14-21(24)23-12-17-13-28-19-5-3-4-6-20(19)30-17/h3-11,17H,12-14H2,1-2H3,(H,23,24)/b10-7+/t17-/m0/s1. The van der Waals surface area contributed by atoms with Crippen molar-refractivity contribution in [1.82, 2.24) is 5.32 Å². The van der Waals surface area contributed by atoms with Gasteiger partial charge in [-0.05, 0) is 36.4 Å². The second-order valence-electron chi connectivity index (χ2n) is 6.35. The van der Waals surface area contributed by atoms with Crippen molar-refractivity contribution in [3.63, 3.8) is 0 Å². The zero-order valence-electron chi connectivity index (χ0n) is 16.8. The van der Waals surface area contributed by atoms with Crippen molar-refractivity contribution in [1.29, 1.82) is 0 Å². The molecule has 0 aliphatic carbocycles. The Bertz CT molecular complexity index is 925. The molecule has 0 saturated heterocycles. The van der Waals surface area contributed by atoms with Crippen LogP contribution in [0.25, 0.3) is 6.08 Å². The Hall–Kier alpha value is -3.68. The molecule has 8 nitrogen and oxygen atoms in total. The molecule has 0 bridgehead atoms. The number of ether oxygens (including phenoxy) is 5. The molecule has 2 aromatic carbocycles. The third-order valence-corrected chi connectivity index (χ3v) is 4.28. The summed E-state index contributed by atoms with van der Waals surface area (Å²) < 4.78 is 26.7. The van der Waals surface area contributed by atoms with Gasteiger partial charge in [0.1, 0.15) is 24.2 Å². The highest BCUT2D eigenvalue weighted by Gasteiger charge is 2.21. The van der Waals surface area contributed by atoms with E-state index < -0.39 is 18.5 Å². The fourth-order valence-corrected chi connectivity index (χ4v) is 2.75. The SMILES string of the molecule is COc1ccc(OC)c(/C=C/C(=O)OCC(=O)NC[C@H]2COc3ccccc3O2)c1. The molecule has 1 amide bonds. The highest BCUT2D eigenvalue weighted by Crippen LogP contribution is 2.30. The number of hydrogen-bond donors (Lipinski definition) is 1. The molecule has 1 aliphatic rings. The predicted octanol–water partition coefficient (Wildman–Crippen LogP) is 2.22. The van der Waals surface area contributed by atoms with Crippen LogP contribution in [0.2, 0.25) is 0 Å². The molecule has 0 saturated carbocycles. The Kier molecular flexibility index (Phi) is 7.15. The fourth-order valence-electron chi connectivity index (χ4n) is 2.75. The molecular weight excluding hydrogens is 390 g/mol. The fraction of sp³-hybridized carbons (Fsp3) is 0.273. The van der Waals surface area contributed by atoms with Crippen LogP contribution in [0, 0.1) is 0 Å². The number of nitrogens with one attached hydrogen (secondary N) is 1. The van der Waals surface area contributed by atoms with E-state index in [0.717, 1.165) is 0 Å². The van der Waals surface area contributed by atoms with E-state index in [2.05, 4.69) is 5.32 Å². The summed E-state index contributed by atoms with van der Waals surface area (Å²) in [6.45, 7) is 0.159. The number of fused-ring (bicyclic) bond motifs is 1. The van der Waals surface area contributed by atoms with Gasteiger partial charge in [0.2, 0.25) is 0 Å². The summed E-state index contributed by atoms with van der Waals surface area (Å²) in [5.41, 5.74) is 0.646. The van der Waals surface area contributed by atoms with Gasteiger partial charge in [0.25, 0.3) is 5.91 Å². The second kappa shape index (κ2) is 10.2. The zero-order valence-corrected chi connectivity index (χ0v) is 16.8. The van der Waals surface area contributed by atoms with Gasteiger partial charge < -0.3 is 29.0 Å². The van der Waals surface area contributed by atoms with Crippen molar-refractivity contribution in [3.8, 4) is 23.0 Å². The number of amides is 1. The van der Waals surface area contributed by atoms with E-state index in [-0.39, 0.29) is 12.6 Å². The molecule has 158 valence electrons. The molecule has 0 aromatic heterocycles. The first kappa shape index (κ1) is 21.0. The summed E-state index contributed by atoms with van der Waals surface area (Å²) in [4.78, 5) is 23.9. The van der Waals surface area contributed by atoms with Crippen molar-refractivity contribution in [3.05, 3.63) is 54.1 Å². The van der Waals surface area contributed by atoms with Crippen molar-refractivity contribution in [2.24, 2.45) is 0 Å². The Morgan fingerprint density at radius 3 is 2.70 bits per heavy atom. The minimum Gasteiger partial charge on any atom is -0.497 e. The number of methoxy groups -OCH3 is 2. The van der Waals surface area contributed by atoms with E-state index in [0.29, 0.717) is 35.2 Å². The Labute approximate surface area is 174 Å². The third kappa shape index (κ3) is 5.66. The zero-order chi connectivity index (χ0) is 21.3. The summed E-state index contributed by atoms with van der Waals surface area (Å²) >= 11 is 0. The van der Waals surface area contributed by atoms with E-state index in [1.165, 1.54) is 19.3 Å². The second-order valence-corrected chi connectivity index (χ2v) is 6.35. The lowest BCUT2D eigenvalue weighted by molar-refractivity contribution is -0.143. The van der Waals surface area contributed by atoms with E-state index in [1.807, 2.05) is 18.2 Å². The van der Waals surface area contributed by atoms with Gasteiger partial charge in [-0.15, -0.1) is 0 Å². The molecule has 30 heavy (non-hydrogen) atoms. The van der Waals surface area contributed by atoms with Crippen LogP contribution in [0.5, 0.6) is 23.0 Å². The number of benzene rings is 2. The molecule has 8 heteroatoms. The molecule has 1 heterocycles. The van der Waals surface area contributed by atoms with Crippen molar-refractivity contribution in [2.45, 2.75) is 6.10 Å². The van der Waals surface area contributed by atoms with Gasteiger partial charge in [0.05, 0.1) is 20.8 Å². The maximum absolute atomic E-state index is 11.9. The van der Waals surface area contributed by atoms with Gasteiger partial charge in [-0.25, -0.2) is 4.79 Å². The van der Waals surface area contributed by atoms with Crippen molar-refractivity contribution in [2.75, 3.05) is 34.0 Å². The van der Waals surface area contributed by atoms with Crippen LogP contribution in [-0.4, -0.2) is 52.0 Å². The first-order valence-electron chi connectivity index (χ1n) is 9.31. The highest BCUT2D eigenvalue weighted by molar-refractivity contribution is 5.89. The molecule has 0 unspecified atom stereocenters. The molecule has 0 spiro atoms. The van der Waals surface area contributed by atoms with Crippen LogP contribution in [-0.2, 0) is 14.3 Å². The smallest absolute Gasteiger partial charge is 0.331 e. The van der Waals surface area contributed by atoms with Gasteiger partial charge in [-0.2, -0.15) is 0 Å². The third-order valence-electron chi connectivity index (χ3n) is 4.28. The van der Waals surface area contributed by atoms with Crippen LogP contribution < -0.4 is 24.3 Å². The largest absolute Gasteiger partial charge is 0.497 e. The molecular formula is C22H23NO7. The number of carbonyl (C=O) groups is 2. The van der Waals surface area contributed by atoms with E-state index in [1.54, 1.807) is 31.4 Å². The maximum atomic E-state index is 11.9. The molecule has 1 aliphatic heterocycles. The summed E-state index contributed by atoms with van der Waals surface area (Å²) in [6.07, 6.45) is 2.44. The van der Waals surface area contributed by atoms with Gasteiger partial charge in [-0.3, -0.25) is 4.79 Å². The number of esters is 1. The molecule has 0 fully saturated rings. The van der Waals surface area contributed by atoms with Crippen molar-refractivity contribution >= 4 is 18.0 Å². The van der Waals surface area contributed by atoms with E-state index in [9.17, 15) is 9.59 Å². The maximum Gasteiger partial charge on any atom is 0.331 e. The van der Waals surface area contributed by atoms with Crippen molar-refractivity contribution < 1.29 is 33.3 Å². The number of rotatable bonds is 8. The first-order chi connectivity index (χ1) is 14.6. The number of carbonyl (C=O) groups excluding carboxylic acids is 2. The quantitative estimate of drug-likeness (QED) is 0.524. The average Bonchev–Trinajstić information content (AvgIpc) is 2.79. The Morgan fingerprint density at radius 1 is 1.13 bits per heavy atom. The minimum atomic E-state index is -0.652. The number of para-hydroxylation sites is 2. The van der Waals surface area contributed by atoms with E-state index >= 15 is 0 Å². The van der Waals surface area contributed by atoms with Gasteiger partial charge >= 0.3 is 5.97 Å². The molecule has 0 radical (unpaired) electrons. The molecule has 2 aromatic rings. The lowest BCUT2D eigenvalue weighted by Crippen LogP contribution is -2.42. The first-order valence-corrected chi connectivity index (χ1v) is 9.31. The monoisotopic (exact) mass is 413 g/mol. The lowest BCUT2D eigenvalue weighted by Gasteiger charge is -2.26. The summed E-state index contributed by atoms with van der Waals surface area (Å²) in [6, 6.07) is 12.5. The van der Waals surface area contributed by atoms with Crippen LogP contribution >= 0.6 is 0 Å².